The summed E-state index contributed by atoms with van der Waals surface area (Å²) in [4.78, 5) is 12.0. The van der Waals surface area contributed by atoms with E-state index >= 15 is 0 Å². The number of nitro groups is 1. The number of hydrogen-bond acceptors (Lipinski definition) is 7. The van der Waals surface area contributed by atoms with Gasteiger partial charge in [-0.05, 0) is 41.8 Å². The Balaban J connectivity index is 1.46. The lowest BCUT2D eigenvalue weighted by atomic mass is 10.1. The molecule has 0 aliphatic rings. The number of rotatable bonds is 8. The van der Waals surface area contributed by atoms with Crippen LogP contribution >= 0.6 is 11.8 Å². The maximum absolute atomic E-state index is 10.9. The van der Waals surface area contributed by atoms with Gasteiger partial charge in [0.2, 0.25) is 5.82 Å². The molecule has 0 unspecified atom stereocenters. The molecule has 5 aromatic rings. The molecule has 0 radical (unpaired) electrons. The summed E-state index contributed by atoms with van der Waals surface area (Å²) in [5, 5.41) is 29.6. The summed E-state index contributed by atoms with van der Waals surface area (Å²) in [7, 11) is 0. The molecule has 3 aromatic carbocycles. The third-order valence-electron chi connectivity index (χ3n) is 5.69. The maximum atomic E-state index is 10.9. The van der Waals surface area contributed by atoms with Gasteiger partial charge in [-0.1, -0.05) is 60.2 Å². The van der Waals surface area contributed by atoms with E-state index in [0.717, 1.165) is 33.2 Å². The molecule has 36 heavy (non-hydrogen) atoms. The van der Waals surface area contributed by atoms with Crippen LogP contribution in [0.2, 0.25) is 0 Å². The summed E-state index contributed by atoms with van der Waals surface area (Å²) in [6.07, 6.45) is 1.78. The van der Waals surface area contributed by atoms with Crippen LogP contribution in [-0.4, -0.2) is 34.9 Å². The molecule has 180 valence electrons. The van der Waals surface area contributed by atoms with Crippen molar-refractivity contribution >= 4 is 17.4 Å². The van der Waals surface area contributed by atoms with Gasteiger partial charge in [-0.15, -0.1) is 22.0 Å². The lowest BCUT2D eigenvalue weighted by molar-refractivity contribution is -0.384. The van der Waals surface area contributed by atoms with Crippen LogP contribution < -0.4 is 0 Å². The molecular formula is C26H23N7O2S. The van der Waals surface area contributed by atoms with Crippen molar-refractivity contribution in [1.82, 2.24) is 30.0 Å². The highest BCUT2D eigenvalue weighted by Crippen LogP contribution is 2.34. The van der Waals surface area contributed by atoms with E-state index in [9.17, 15) is 10.1 Å². The Morgan fingerprint density at radius 3 is 2.47 bits per heavy atom. The first-order chi connectivity index (χ1) is 17.5. The number of nitrogens with zero attached hydrogens (tertiary/aromatic N) is 7. The fraction of sp³-hybridized carbons (Fsp3) is 0.154. The first-order valence-corrected chi connectivity index (χ1v) is 12.3. The maximum Gasteiger partial charge on any atom is 0.269 e. The molecule has 5 rings (SSSR count). The smallest absolute Gasteiger partial charge is 0.258 e. The number of tetrazole rings is 1. The molecule has 0 atom stereocenters. The topological polar surface area (TPSA) is 105 Å². The Morgan fingerprint density at radius 2 is 1.75 bits per heavy atom. The normalized spacial score (nSPS) is 11.1. The predicted molar refractivity (Wildman–Crippen MR) is 138 cm³/mol. The fourth-order valence-corrected chi connectivity index (χ4v) is 4.94. The van der Waals surface area contributed by atoms with Crippen molar-refractivity contribution in [2.75, 3.05) is 0 Å². The molecule has 0 fully saturated rings. The first kappa shape index (κ1) is 23.4. The van der Waals surface area contributed by atoms with Gasteiger partial charge in [0.1, 0.15) is 5.03 Å². The molecule has 0 aliphatic heterocycles. The average Bonchev–Trinajstić information content (AvgIpc) is 3.50. The quantitative estimate of drug-likeness (QED) is 0.161. The molecule has 0 spiro atoms. The van der Waals surface area contributed by atoms with E-state index in [-0.39, 0.29) is 5.69 Å². The molecule has 0 N–H and O–H groups in total. The molecular weight excluding hydrogens is 474 g/mol. The number of aryl methyl sites for hydroxylation is 2. The SMILES string of the molecule is Cc1ccc(-n2ncc(-c3nnn(Cc4ccc([N+](=O)[O-])cc4)n3)c2SCc2ccccc2)c(C)c1. The highest BCUT2D eigenvalue weighted by Gasteiger charge is 2.20. The highest BCUT2D eigenvalue weighted by atomic mass is 32.2. The molecule has 2 heterocycles. The average molecular weight is 498 g/mol. The van der Waals surface area contributed by atoms with E-state index in [4.69, 9.17) is 5.10 Å². The number of thioether (sulfide) groups is 1. The van der Waals surface area contributed by atoms with Crippen LogP contribution in [0.1, 0.15) is 22.3 Å². The Hall–Kier alpha value is -4.31. The molecule has 0 aliphatic carbocycles. The zero-order chi connectivity index (χ0) is 25.1. The van der Waals surface area contributed by atoms with E-state index in [0.29, 0.717) is 12.4 Å². The molecule has 0 saturated heterocycles. The van der Waals surface area contributed by atoms with Gasteiger partial charge in [0.25, 0.3) is 5.69 Å². The number of hydrogen-bond donors (Lipinski definition) is 0. The molecule has 2 aromatic heterocycles. The third-order valence-corrected chi connectivity index (χ3v) is 6.83. The van der Waals surface area contributed by atoms with Crippen molar-refractivity contribution in [1.29, 1.82) is 0 Å². The van der Waals surface area contributed by atoms with Crippen LogP contribution in [-0.2, 0) is 12.3 Å². The Kier molecular flexibility index (Phi) is 6.59. The molecule has 0 saturated carbocycles. The van der Waals surface area contributed by atoms with Gasteiger partial charge in [-0.25, -0.2) is 4.68 Å². The zero-order valence-corrected chi connectivity index (χ0v) is 20.6. The Bertz CT molecular complexity index is 1510. The highest BCUT2D eigenvalue weighted by molar-refractivity contribution is 7.98. The van der Waals surface area contributed by atoms with Crippen molar-refractivity contribution in [3.63, 3.8) is 0 Å². The molecule has 0 amide bonds. The minimum atomic E-state index is -0.419. The van der Waals surface area contributed by atoms with Crippen LogP contribution in [0, 0.1) is 24.0 Å². The summed E-state index contributed by atoms with van der Waals surface area (Å²) in [6.45, 7) is 4.50. The number of nitro benzene ring substituents is 1. The van der Waals surface area contributed by atoms with Crippen LogP contribution in [0.3, 0.4) is 0 Å². The van der Waals surface area contributed by atoms with Gasteiger partial charge in [0.05, 0.1) is 28.9 Å². The van der Waals surface area contributed by atoms with Gasteiger partial charge < -0.3 is 0 Å². The number of aromatic nitrogens is 6. The third kappa shape index (κ3) is 5.03. The van der Waals surface area contributed by atoms with Crippen molar-refractivity contribution in [3.8, 4) is 17.1 Å². The van der Waals surface area contributed by atoms with Gasteiger partial charge in [0.15, 0.2) is 0 Å². The largest absolute Gasteiger partial charge is 0.269 e. The number of benzene rings is 3. The van der Waals surface area contributed by atoms with Crippen LogP contribution in [0.4, 0.5) is 5.69 Å². The van der Waals surface area contributed by atoms with Gasteiger partial charge in [-0.3, -0.25) is 10.1 Å². The molecule has 10 heteroatoms. The molecule has 0 bridgehead atoms. The summed E-state index contributed by atoms with van der Waals surface area (Å²) in [5.41, 5.74) is 6.21. The second kappa shape index (κ2) is 10.1. The minimum Gasteiger partial charge on any atom is -0.258 e. The van der Waals surface area contributed by atoms with E-state index in [1.165, 1.54) is 28.1 Å². The van der Waals surface area contributed by atoms with Crippen molar-refractivity contribution in [3.05, 3.63) is 111 Å². The Morgan fingerprint density at radius 1 is 0.972 bits per heavy atom. The van der Waals surface area contributed by atoms with E-state index in [2.05, 4.69) is 59.6 Å². The van der Waals surface area contributed by atoms with Crippen LogP contribution in [0.25, 0.3) is 17.1 Å². The van der Waals surface area contributed by atoms with Crippen molar-refractivity contribution in [2.24, 2.45) is 0 Å². The molecule has 9 nitrogen and oxygen atoms in total. The lowest BCUT2D eigenvalue weighted by Crippen LogP contribution is -2.04. The summed E-state index contributed by atoms with van der Waals surface area (Å²) >= 11 is 1.67. The lowest BCUT2D eigenvalue weighted by Gasteiger charge is -2.12. The first-order valence-electron chi connectivity index (χ1n) is 11.3. The van der Waals surface area contributed by atoms with Gasteiger partial charge >= 0.3 is 0 Å². The Labute approximate surface area is 211 Å². The van der Waals surface area contributed by atoms with Crippen molar-refractivity contribution < 1.29 is 4.92 Å². The van der Waals surface area contributed by atoms with Crippen LogP contribution in [0.15, 0.2) is 84.0 Å². The summed E-state index contributed by atoms with van der Waals surface area (Å²) < 4.78 is 1.94. The predicted octanol–water partition coefficient (Wildman–Crippen LogP) is 5.39. The second-order valence-electron chi connectivity index (χ2n) is 8.41. The minimum absolute atomic E-state index is 0.0462. The van der Waals surface area contributed by atoms with Gasteiger partial charge in [0, 0.05) is 17.9 Å². The second-order valence-corrected chi connectivity index (χ2v) is 9.37. The summed E-state index contributed by atoms with van der Waals surface area (Å²) in [6, 6.07) is 22.9. The van der Waals surface area contributed by atoms with Crippen molar-refractivity contribution in [2.45, 2.75) is 31.2 Å². The monoisotopic (exact) mass is 497 g/mol. The van der Waals surface area contributed by atoms with E-state index < -0.39 is 4.92 Å². The van der Waals surface area contributed by atoms with E-state index in [1.807, 2.05) is 22.9 Å². The standard InChI is InChI=1S/C26H23N7O2S/c1-18-8-13-24(19(2)14-18)32-26(36-17-21-6-4-3-5-7-21)23(15-27-32)25-28-30-31(29-25)16-20-9-11-22(12-10-20)33(34)35/h3-15H,16-17H2,1-2H3. The number of non-ortho nitro benzene ring substituents is 1. The van der Waals surface area contributed by atoms with E-state index in [1.54, 1.807) is 30.1 Å². The fourth-order valence-electron chi connectivity index (χ4n) is 3.87. The summed E-state index contributed by atoms with van der Waals surface area (Å²) in [5.74, 6) is 1.24. The van der Waals surface area contributed by atoms with Crippen LogP contribution in [0.5, 0.6) is 0 Å². The van der Waals surface area contributed by atoms with Gasteiger partial charge in [-0.2, -0.15) is 9.90 Å². The zero-order valence-electron chi connectivity index (χ0n) is 19.8.